The molecule has 1 aliphatic heterocycles. The molecule has 4 heterocycles. The van der Waals surface area contributed by atoms with Crippen molar-refractivity contribution in [1.29, 1.82) is 0 Å². The molecule has 1 saturated heterocycles. The van der Waals surface area contributed by atoms with E-state index in [1.807, 2.05) is 53.8 Å². The van der Waals surface area contributed by atoms with Crippen LogP contribution >= 0.6 is 0 Å². The number of hydrogen-bond acceptors (Lipinski definition) is 8. The van der Waals surface area contributed by atoms with Crippen molar-refractivity contribution >= 4 is 28.5 Å². The van der Waals surface area contributed by atoms with E-state index in [1.54, 1.807) is 13.4 Å². The van der Waals surface area contributed by atoms with Gasteiger partial charge in [0.15, 0.2) is 5.65 Å². The third kappa shape index (κ3) is 3.20. The minimum atomic E-state index is 0.254. The topological polar surface area (TPSA) is 104 Å². The van der Waals surface area contributed by atoms with Crippen molar-refractivity contribution in [3.05, 3.63) is 42.6 Å². The van der Waals surface area contributed by atoms with E-state index in [9.17, 15) is 0 Å². The number of rotatable bonds is 6. The minimum Gasteiger partial charge on any atom is -0.494 e. The molecule has 1 fully saturated rings. The number of benzene rings is 1. The van der Waals surface area contributed by atoms with Crippen LogP contribution in [-0.4, -0.2) is 56.7 Å². The van der Waals surface area contributed by atoms with E-state index in [-0.39, 0.29) is 6.04 Å². The third-order valence-corrected chi connectivity index (χ3v) is 5.05. The van der Waals surface area contributed by atoms with Crippen LogP contribution in [0.1, 0.15) is 11.7 Å². The van der Waals surface area contributed by atoms with E-state index >= 15 is 0 Å². The number of imidazole rings is 1. The number of nitrogens with zero attached hydrogens (tertiary/aromatic N) is 6. The molecule has 30 heavy (non-hydrogen) atoms. The lowest BCUT2D eigenvalue weighted by Crippen LogP contribution is -2.30. The molecule has 5 rings (SSSR count). The summed E-state index contributed by atoms with van der Waals surface area (Å²) in [5.41, 5.74) is 3.27. The molecule has 0 radical (unpaired) electrons. The first-order chi connectivity index (χ1) is 14.6. The predicted octanol–water partition coefficient (Wildman–Crippen LogP) is 2.69. The summed E-state index contributed by atoms with van der Waals surface area (Å²) in [4.78, 5) is 13.5. The molecule has 0 bridgehead atoms. The van der Waals surface area contributed by atoms with E-state index in [0.717, 1.165) is 22.5 Å². The fourth-order valence-electron chi connectivity index (χ4n) is 3.38. The summed E-state index contributed by atoms with van der Waals surface area (Å²) in [6, 6.07) is 6.07. The smallest absolute Gasteiger partial charge is 0.231 e. The van der Waals surface area contributed by atoms with E-state index in [0.29, 0.717) is 36.4 Å². The molecule has 4 aromatic rings. The zero-order valence-corrected chi connectivity index (χ0v) is 17.0. The number of hydrogen-bond donors (Lipinski definition) is 2. The quantitative estimate of drug-likeness (QED) is 0.504. The number of ether oxygens (including phenoxy) is 2. The van der Waals surface area contributed by atoms with Crippen LogP contribution in [0.2, 0.25) is 0 Å². The second kappa shape index (κ2) is 7.30. The van der Waals surface area contributed by atoms with Gasteiger partial charge in [-0.1, -0.05) is 0 Å². The Morgan fingerprint density at radius 2 is 2.07 bits per heavy atom. The van der Waals surface area contributed by atoms with Gasteiger partial charge in [0.05, 0.1) is 49.5 Å². The van der Waals surface area contributed by atoms with E-state index in [4.69, 9.17) is 9.47 Å². The van der Waals surface area contributed by atoms with Crippen molar-refractivity contribution in [2.45, 2.75) is 13.0 Å². The number of anilines is 3. The maximum atomic E-state index is 5.58. The summed E-state index contributed by atoms with van der Waals surface area (Å²) < 4.78 is 14.7. The lowest BCUT2D eigenvalue weighted by molar-refractivity contribution is -0.0283. The maximum absolute atomic E-state index is 5.58. The maximum Gasteiger partial charge on any atom is 0.231 e. The van der Waals surface area contributed by atoms with Gasteiger partial charge in [-0.05, 0) is 19.1 Å². The first-order valence-electron chi connectivity index (χ1n) is 9.63. The molecule has 10 nitrogen and oxygen atoms in total. The molecule has 2 N–H and O–H groups in total. The van der Waals surface area contributed by atoms with Gasteiger partial charge in [-0.3, -0.25) is 4.68 Å². The molecule has 154 valence electrons. The first-order valence-corrected chi connectivity index (χ1v) is 9.63. The SMILES string of the molecule is CNc1nc(Nc2ccc(-n3cnc(C)c3)c(OC)c2)nc2nn(C3COC3)cc12. The van der Waals surface area contributed by atoms with Crippen LogP contribution in [0.4, 0.5) is 17.5 Å². The number of methoxy groups -OCH3 is 1. The molecule has 1 aromatic carbocycles. The Labute approximate surface area is 172 Å². The van der Waals surface area contributed by atoms with Gasteiger partial charge in [-0.2, -0.15) is 15.1 Å². The van der Waals surface area contributed by atoms with Crippen LogP contribution in [0.5, 0.6) is 5.75 Å². The number of fused-ring (bicyclic) bond motifs is 1. The standard InChI is InChI=1S/C20H22N8O2/c1-12-7-27(11-22-12)16-5-4-13(6-17(16)29-3)23-20-24-18(21-2)15-8-28(14-9-30-10-14)26-19(15)25-20/h4-8,11,14H,9-10H2,1-3H3,(H2,21,23,24,25,26). The molecule has 0 saturated carbocycles. The van der Waals surface area contributed by atoms with Gasteiger partial charge < -0.3 is 24.7 Å². The Bertz CT molecular complexity index is 1210. The van der Waals surface area contributed by atoms with Gasteiger partial charge in [0.1, 0.15) is 11.6 Å². The highest BCUT2D eigenvalue weighted by atomic mass is 16.5. The summed E-state index contributed by atoms with van der Waals surface area (Å²) >= 11 is 0. The fourth-order valence-corrected chi connectivity index (χ4v) is 3.38. The summed E-state index contributed by atoms with van der Waals surface area (Å²) in [7, 11) is 3.48. The van der Waals surface area contributed by atoms with Crippen LogP contribution in [0, 0.1) is 6.92 Å². The van der Waals surface area contributed by atoms with Gasteiger partial charge in [-0.15, -0.1) is 0 Å². The largest absolute Gasteiger partial charge is 0.494 e. The molecule has 10 heteroatoms. The van der Waals surface area contributed by atoms with Gasteiger partial charge >= 0.3 is 0 Å². The van der Waals surface area contributed by atoms with Crippen molar-refractivity contribution in [2.75, 3.05) is 38.0 Å². The molecule has 0 aliphatic carbocycles. The number of nitrogens with one attached hydrogen (secondary N) is 2. The minimum absolute atomic E-state index is 0.254. The van der Waals surface area contributed by atoms with Crippen LogP contribution < -0.4 is 15.4 Å². The Hall–Kier alpha value is -3.66. The second-order valence-electron chi connectivity index (χ2n) is 7.12. The highest BCUT2D eigenvalue weighted by Crippen LogP contribution is 2.29. The predicted molar refractivity (Wildman–Crippen MR) is 113 cm³/mol. The van der Waals surface area contributed by atoms with Crippen molar-refractivity contribution in [3.63, 3.8) is 0 Å². The summed E-state index contributed by atoms with van der Waals surface area (Å²) in [6.45, 7) is 3.29. The molecule has 0 unspecified atom stereocenters. The van der Waals surface area contributed by atoms with Crippen molar-refractivity contribution in [1.82, 2.24) is 29.3 Å². The average Bonchev–Trinajstić information content (AvgIpc) is 3.32. The van der Waals surface area contributed by atoms with Crippen LogP contribution in [0.15, 0.2) is 36.9 Å². The normalized spacial score (nSPS) is 14.0. The van der Waals surface area contributed by atoms with Crippen LogP contribution in [0.25, 0.3) is 16.7 Å². The molecular formula is C20H22N8O2. The van der Waals surface area contributed by atoms with E-state index in [2.05, 4.69) is 30.7 Å². The zero-order valence-electron chi connectivity index (χ0n) is 17.0. The molecule has 0 atom stereocenters. The summed E-state index contributed by atoms with van der Waals surface area (Å²) in [5.74, 6) is 1.88. The van der Waals surface area contributed by atoms with Crippen LogP contribution in [0.3, 0.4) is 0 Å². The highest BCUT2D eigenvalue weighted by molar-refractivity contribution is 5.87. The lowest BCUT2D eigenvalue weighted by Gasteiger charge is -2.25. The molecular weight excluding hydrogens is 384 g/mol. The van der Waals surface area contributed by atoms with Crippen molar-refractivity contribution in [3.8, 4) is 11.4 Å². The number of aromatic nitrogens is 6. The van der Waals surface area contributed by atoms with Crippen molar-refractivity contribution < 1.29 is 9.47 Å². The van der Waals surface area contributed by atoms with Gasteiger partial charge in [-0.25, -0.2) is 4.98 Å². The van der Waals surface area contributed by atoms with Crippen LogP contribution in [-0.2, 0) is 4.74 Å². The Morgan fingerprint density at radius 3 is 2.73 bits per heavy atom. The molecule has 1 aliphatic rings. The van der Waals surface area contributed by atoms with Gasteiger partial charge in [0.2, 0.25) is 5.95 Å². The highest BCUT2D eigenvalue weighted by Gasteiger charge is 2.23. The Kier molecular flexibility index (Phi) is 4.47. The Morgan fingerprint density at radius 1 is 1.20 bits per heavy atom. The summed E-state index contributed by atoms with van der Waals surface area (Å²) in [6.07, 6.45) is 5.67. The average molecular weight is 406 g/mol. The van der Waals surface area contributed by atoms with E-state index in [1.165, 1.54) is 0 Å². The van der Waals surface area contributed by atoms with Crippen molar-refractivity contribution in [2.24, 2.45) is 0 Å². The second-order valence-corrected chi connectivity index (χ2v) is 7.12. The molecule has 0 amide bonds. The summed E-state index contributed by atoms with van der Waals surface area (Å²) in [5, 5.41) is 11.9. The fraction of sp³-hybridized carbons (Fsp3) is 0.300. The molecule has 3 aromatic heterocycles. The van der Waals surface area contributed by atoms with Gasteiger partial charge in [0.25, 0.3) is 0 Å². The number of aryl methyl sites for hydroxylation is 1. The molecule has 0 spiro atoms. The third-order valence-electron chi connectivity index (χ3n) is 5.05. The first kappa shape index (κ1) is 18.4. The lowest BCUT2D eigenvalue weighted by atomic mass is 10.2. The zero-order chi connectivity index (χ0) is 20.7. The van der Waals surface area contributed by atoms with E-state index < -0.39 is 0 Å². The monoisotopic (exact) mass is 406 g/mol. The van der Waals surface area contributed by atoms with Gasteiger partial charge in [0, 0.05) is 31.2 Å². The Balaban J connectivity index is 1.47.